The molecule has 0 aromatic carbocycles. The van der Waals surface area contributed by atoms with Gasteiger partial charge in [-0.15, -0.1) is 0 Å². The van der Waals surface area contributed by atoms with Gasteiger partial charge in [-0.1, -0.05) is 39.0 Å². The van der Waals surface area contributed by atoms with Gasteiger partial charge >= 0.3 is 0 Å². The molecule has 1 unspecified atom stereocenters. The summed E-state index contributed by atoms with van der Waals surface area (Å²) >= 11 is 0. The van der Waals surface area contributed by atoms with Crippen molar-refractivity contribution >= 4 is 0 Å². The van der Waals surface area contributed by atoms with E-state index >= 15 is 0 Å². The minimum absolute atomic E-state index is 0.413. The molecule has 0 bridgehead atoms. The SMILES string of the molecule is CCCNC(CCC1CCCCC1)c1ccc(C)o1. The van der Waals surface area contributed by atoms with Crippen LogP contribution in [0.25, 0.3) is 0 Å². The Kier molecular flexibility index (Phi) is 5.96. The molecule has 1 saturated carbocycles. The molecule has 1 fully saturated rings. The number of hydrogen-bond donors (Lipinski definition) is 1. The largest absolute Gasteiger partial charge is 0.465 e. The highest BCUT2D eigenvalue weighted by Gasteiger charge is 2.18. The molecule has 1 aromatic heterocycles. The van der Waals surface area contributed by atoms with Crippen molar-refractivity contribution in [3.05, 3.63) is 23.7 Å². The van der Waals surface area contributed by atoms with Crippen LogP contribution in [0.2, 0.25) is 0 Å². The summed E-state index contributed by atoms with van der Waals surface area (Å²) < 4.78 is 5.82. The van der Waals surface area contributed by atoms with Gasteiger partial charge in [-0.2, -0.15) is 0 Å². The van der Waals surface area contributed by atoms with Gasteiger partial charge in [0, 0.05) is 0 Å². The molecule has 1 atom stereocenters. The van der Waals surface area contributed by atoms with Gasteiger partial charge in [0.1, 0.15) is 11.5 Å². The van der Waals surface area contributed by atoms with E-state index in [1.165, 1.54) is 51.4 Å². The molecule has 0 saturated heterocycles. The van der Waals surface area contributed by atoms with Crippen molar-refractivity contribution in [2.24, 2.45) is 5.92 Å². The molecule has 0 spiro atoms. The third-order valence-electron chi connectivity index (χ3n) is 4.33. The van der Waals surface area contributed by atoms with Crippen molar-refractivity contribution in [3.8, 4) is 0 Å². The minimum Gasteiger partial charge on any atom is -0.465 e. The van der Waals surface area contributed by atoms with Crippen molar-refractivity contribution in [1.82, 2.24) is 5.32 Å². The maximum atomic E-state index is 5.82. The standard InChI is InChI=1S/C17H29NO/c1-3-13-18-16(17-12-9-14(2)19-17)11-10-15-7-5-4-6-8-15/h9,12,15-16,18H,3-8,10-11,13H2,1-2H3. The first-order valence-electron chi connectivity index (χ1n) is 8.09. The lowest BCUT2D eigenvalue weighted by Crippen LogP contribution is -2.22. The third-order valence-corrected chi connectivity index (χ3v) is 4.33. The van der Waals surface area contributed by atoms with E-state index in [9.17, 15) is 0 Å². The van der Waals surface area contributed by atoms with Crippen LogP contribution in [0.3, 0.4) is 0 Å². The Bertz CT molecular complexity index is 352. The first-order valence-corrected chi connectivity index (χ1v) is 8.09. The van der Waals surface area contributed by atoms with Crippen LogP contribution in [0.5, 0.6) is 0 Å². The van der Waals surface area contributed by atoms with Crippen LogP contribution in [0, 0.1) is 12.8 Å². The minimum atomic E-state index is 0.413. The molecular formula is C17H29NO. The molecule has 19 heavy (non-hydrogen) atoms. The van der Waals surface area contributed by atoms with Crippen LogP contribution in [-0.2, 0) is 0 Å². The number of rotatable bonds is 7. The van der Waals surface area contributed by atoms with Crippen molar-refractivity contribution in [3.63, 3.8) is 0 Å². The summed E-state index contributed by atoms with van der Waals surface area (Å²) in [5, 5.41) is 3.64. The lowest BCUT2D eigenvalue weighted by Gasteiger charge is -2.24. The second kappa shape index (κ2) is 7.74. The van der Waals surface area contributed by atoms with Crippen LogP contribution in [0.15, 0.2) is 16.5 Å². The van der Waals surface area contributed by atoms with Crippen molar-refractivity contribution in [2.75, 3.05) is 6.54 Å². The van der Waals surface area contributed by atoms with E-state index < -0.39 is 0 Å². The Balaban J connectivity index is 1.86. The molecule has 1 aromatic rings. The lowest BCUT2D eigenvalue weighted by atomic mass is 9.85. The van der Waals surface area contributed by atoms with Gasteiger partial charge in [-0.3, -0.25) is 0 Å². The topological polar surface area (TPSA) is 25.2 Å². The highest BCUT2D eigenvalue weighted by atomic mass is 16.3. The molecule has 1 aliphatic rings. The number of aryl methyl sites for hydroxylation is 1. The van der Waals surface area contributed by atoms with E-state index in [2.05, 4.69) is 24.4 Å². The second-order valence-corrected chi connectivity index (χ2v) is 6.04. The Morgan fingerprint density at radius 1 is 1.26 bits per heavy atom. The summed E-state index contributed by atoms with van der Waals surface area (Å²) in [5.74, 6) is 3.11. The van der Waals surface area contributed by atoms with Crippen LogP contribution in [0.1, 0.15) is 75.9 Å². The molecule has 0 radical (unpaired) electrons. The molecule has 2 rings (SSSR count). The highest BCUT2D eigenvalue weighted by Crippen LogP contribution is 2.30. The normalized spacial score (nSPS) is 18.6. The van der Waals surface area contributed by atoms with E-state index in [0.29, 0.717) is 6.04 Å². The molecule has 2 heteroatoms. The predicted molar refractivity (Wildman–Crippen MR) is 80.3 cm³/mol. The van der Waals surface area contributed by atoms with E-state index in [-0.39, 0.29) is 0 Å². The van der Waals surface area contributed by atoms with Gasteiger partial charge < -0.3 is 9.73 Å². The maximum Gasteiger partial charge on any atom is 0.121 e. The quantitative estimate of drug-likeness (QED) is 0.749. The summed E-state index contributed by atoms with van der Waals surface area (Å²) in [6.07, 6.45) is 11.0. The van der Waals surface area contributed by atoms with Crippen LogP contribution >= 0.6 is 0 Å². The number of furan rings is 1. The predicted octanol–water partition coefficient (Wildman–Crippen LogP) is 4.99. The summed E-state index contributed by atoms with van der Waals surface area (Å²) in [6, 6.07) is 4.63. The Labute approximate surface area is 118 Å². The molecule has 1 N–H and O–H groups in total. The fraction of sp³-hybridized carbons (Fsp3) is 0.765. The zero-order chi connectivity index (χ0) is 13.5. The third kappa shape index (κ3) is 4.68. The number of nitrogens with one attached hydrogen (secondary N) is 1. The van der Waals surface area contributed by atoms with Crippen molar-refractivity contribution < 1.29 is 4.42 Å². The molecule has 2 nitrogen and oxygen atoms in total. The molecule has 0 amide bonds. The molecule has 0 aliphatic heterocycles. The fourth-order valence-corrected chi connectivity index (χ4v) is 3.18. The van der Waals surface area contributed by atoms with Gasteiger partial charge in [0.25, 0.3) is 0 Å². The smallest absolute Gasteiger partial charge is 0.121 e. The van der Waals surface area contributed by atoms with E-state index in [1.807, 2.05) is 6.92 Å². The van der Waals surface area contributed by atoms with Crippen LogP contribution < -0.4 is 5.32 Å². The fourth-order valence-electron chi connectivity index (χ4n) is 3.18. The van der Waals surface area contributed by atoms with Gasteiger partial charge in [0.05, 0.1) is 6.04 Å². The zero-order valence-corrected chi connectivity index (χ0v) is 12.6. The summed E-state index contributed by atoms with van der Waals surface area (Å²) in [5.41, 5.74) is 0. The number of hydrogen-bond acceptors (Lipinski definition) is 2. The van der Waals surface area contributed by atoms with Gasteiger partial charge in [0.2, 0.25) is 0 Å². The Hall–Kier alpha value is -0.760. The molecule has 108 valence electrons. The van der Waals surface area contributed by atoms with Crippen molar-refractivity contribution in [1.29, 1.82) is 0 Å². The van der Waals surface area contributed by atoms with Crippen LogP contribution in [0.4, 0.5) is 0 Å². The monoisotopic (exact) mass is 263 g/mol. The van der Waals surface area contributed by atoms with E-state index in [1.54, 1.807) is 0 Å². The summed E-state index contributed by atoms with van der Waals surface area (Å²) in [6.45, 7) is 5.33. The summed E-state index contributed by atoms with van der Waals surface area (Å²) in [4.78, 5) is 0. The Morgan fingerprint density at radius 2 is 2.05 bits per heavy atom. The maximum absolute atomic E-state index is 5.82. The average molecular weight is 263 g/mol. The Morgan fingerprint density at radius 3 is 2.68 bits per heavy atom. The van der Waals surface area contributed by atoms with Crippen molar-refractivity contribution in [2.45, 2.75) is 71.3 Å². The molecular weight excluding hydrogens is 234 g/mol. The summed E-state index contributed by atoms with van der Waals surface area (Å²) in [7, 11) is 0. The zero-order valence-electron chi connectivity index (χ0n) is 12.6. The van der Waals surface area contributed by atoms with Gasteiger partial charge in [-0.25, -0.2) is 0 Å². The van der Waals surface area contributed by atoms with Gasteiger partial charge in [-0.05, 0) is 50.8 Å². The van der Waals surface area contributed by atoms with Crippen LogP contribution in [-0.4, -0.2) is 6.54 Å². The molecule has 1 aliphatic carbocycles. The van der Waals surface area contributed by atoms with E-state index in [0.717, 1.165) is 24.0 Å². The molecule has 1 heterocycles. The van der Waals surface area contributed by atoms with E-state index in [4.69, 9.17) is 4.42 Å². The average Bonchev–Trinajstić information content (AvgIpc) is 2.86. The first kappa shape index (κ1) is 14.6. The first-order chi connectivity index (χ1) is 9.29. The lowest BCUT2D eigenvalue weighted by molar-refractivity contribution is 0.299. The van der Waals surface area contributed by atoms with Gasteiger partial charge in [0.15, 0.2) is 0 Å². The highest BCUT2D eigenvalue weighted by molar-refractivity contribution is 5.09. The second-order valence-electron chi connectivity index (χ2n) is 6.04.